The molecule has 112 valence electrons. The number of aromatic nitrogens is 2. The third-order valence-corrected chi connectivity index (χ3v) is 3.52. The molecule has 5 heteroatoms. The first kappa shape index (κ1) is 15.1. The molecule has 0 aliphatic carbocycles. The number of carbonyl (C=O) groups is 1. The highest BCUT2D eigenvalue weighted by Crippen LogP contribution is 2.17. The summed E-state index contributed by atoms with van der Waals surface area (Å²) in [6.07, 6.45) is 4.20. The minimum atomic E-state index is -0.367. The minimum Gasteiger partial charge on any atom is -0.467 e. The van der Waals surface area contributed by atoms with E-state index in [0.29, 0.717) is 6.42 Å². The van der Waals surface area contributed by atoms with Crippen LogP contribution >= 0.6 is 0 Å². The Morgan fingerprint density at radius 3 is 2.57 bits per heavy atom. The van der Waals surface area contributed by atoms with Crippen molar-refractivity contribution in [1.82, 2.24) is 9.55 Å². The molecule has 0 bridgehead atoms. The summed E-state index contributed by atoms with van der Waals surface area (Å²) in [6.45, 7) is 1.81. The summed E-state index contributed by atoms with van der Waals surface area (Å²) in [5, 5.41) is 0. The highest BCUT2D eigenvalue weighted by atomic mass is 16.5. The first-order chi connectivity index (χ1) is 10.0. The third-order valence-electron chi connectivity index (χ3n) is 3.52. The normalized spacial score (nSPS) is 12.0. The number of methoxy groups -OCH3 is 1. The lowest BCUT2D eigenvalue weighted by molar-refractivity contribution is -0.144. The summed E-state index contributed by atoms with van der Waals surface area (Å²) in [6, 6.07) is 7.95. The molecule has 5 nitrogen and oxygen atoms in total. The van der Waals surface area contributed by atoms with Crippen molar-refractivity contribution in [3.05, 3.63) is 48.0 Å². The summed E-state index contributed by atoms with van der Waals surface area (Å²) in [5.41, 5.74) is 2.31. The van der Waals surface area contributed by atoms with Gasteiger partial charge >= 0.3 is 5.97 Å². The molecule has 0 N–H and O–H groups in total. The van der Waals surface area contributed by atoms with Gasteiger partial charge in [0, 0.05) is 38.6 Å². The monoisotopic (exact) mass is 287 g/mol. The maximum Gasteiger partial charge on any atom is 0.328 e. The lowest BCUT2D eigenvalue weighted by Crippen LogP contribution is -2.19. The largest absolute Gasteiger partial charge is 0.467 e. The van der Waals surface area contributed by atoms with E-state index in [1.807, 2.05) is 31.8 Å². The molecule has 0 spiro atoms. The Kier molecular flexibility index (Phi) is 4.62. The molecule has 21 heavy (non-hydrogen) atoms. The van der Waals surface area contributed by atoms with Crippen LogP contribution in [-0.4, -0.2) is 36.7 Å². The molecular formula is C16H21N3O2. The van der Waals surface area contributed by atoms with Gasteiger partial charge < -0.3 is 14.2 Å². The van der Waals surface area contributed by atoms with Crippen molar-refractivity contribution >= 4 is 11.7 Å². The molecular weight excluding hydrogens is 266 g/mol. The fourth-order valence-electron chi connectivity index (χ4n) is 2.21. The number of hydrogen-bond donors (Lipinski definition) is 0. The SMILES string of the molecule is COC(=O)C(C)n1ccnc1Cc1ccc(N(C)C)cc1. The van der Waals surface area contributed by atoms with E-state index in [9.17, 15) is 4.79 Å². The summed E-state index contributed by atoms with van der Waals surface area (Å²) < 4.78 is 6.64. The number of carbonyl (C=O) groups excluding carboxylic acids is 1. The van der Waals surface area contributed by atoms with Crippen molar-refractivity contribution in [2.45, 2.75) is 19.4 Å². The Bertz CT molecular complexity index is 602. The first-order valence-corrected chi connectivity index (χ1v) is 6.88. The van der Waals surface area contributed by atoms with Gasteiger partial charge in [-0.3, -0.25) is 0 Å². The van der Waals surface area contributed by atoms with Gasteiger partial charge in [-0.1, -0.05) is 12.1 Å². The molecule has 0 aliphatic heterocycles. The highest BCUT2D eigenvalue weighted by molar-refractivity contribution is 5.73. The van der Waals surface area contributed by atoms with E-state index in [1.54, 1.807) is 6.20 Å². The number of esters is 1. The van der Waals surface area contributed by atoms with Gasteiger partial charge in [0.1, 0.15) is 11.9 Å². The summed E-state index contributed by atoms with van der Waals surface area (Å²) in [5.74, 6) is 0.586. The van der Waals surface area contributed by atoms with Crippen LogP contribution in [0, 0.1) is 0 Å². The molecule has 2 rings (SSSR count). The number of hydrogen-bond acceptors (Lipinski definition) is 4. The molecule has 1 aromatic carbocycles. The number of anilines is 1. The molecule has 0 amide bonds. The lowest BCUT2D eigenvalue weighted by atomic mass is 10.1. The second kappa shape index (κ2) is 6.43. The number of nitrogens with zero attached hydrogens (tertiary/aromatic N) is 3. The van der Waals surface area contributed by atoms with E-state index in [1.165, 1.54) is 7.11 Å². The van der Waals surface area contributed by atoms with Crippen LogP contribution in [0.4, 0.5) is 5.69 Å². The molecule has 1 unspecified atom stereocenters. The zero-order valence-electron chi connectivity index (χ0n) is 12.9. The maximum atomic E-state index is 11.7. The topological polar surface area (TPSA) is 47.4 Å². The summed E-state index contributed by atoms with van der Waals surface area (Å²) >= 11 is 0. The van der Waals surface area contributed by atoms with Crippen LogP contribution in [0.15, 0.2) is 36.7 Å². The molecule has 0 fully saturated rings. The number of ether oxygens (including phenoxy) is 1. The molecule has 1 heterocycles. The van der Waals surface area contributed by atoms with E-state index in [4.69, 9.17) is 4.74 Å². The fourth-order valence-corrected chi connectivity index (χ4v) is 2.21. The molecule has 0 aliphatic rings. The van der Waals surface area contributed by atoms with Crippen LogP contribution in [-0.2, 0) is 16.0 Å². The van der Waals surface area contributed by atoms with Crippen molar-refractivity contribution < 1.29 is 9.53 Å². The van der Waals surface area contributed by atoms with E-state index >= 15 is 0 Å². The number of imidazole rings is 1. The Balaban J connectivity index is 2.17. The summed E-state index contributed by atoms with van der Waals surface area (Å²) in [4.78, 5) is 18.1. The van der Waals surface area contributed by atoms with Gasteiger partial charge in [-0.15, -0.1) is 0 Å². The zero-order valence-corrected chi connectivity index (χ0v) is 12.9. The molecule has 2 aromatic rings. The maximum absolute atomic E-state index is 11.7. The van der Waals surface area contributed by atoms with Crippen LogP contribution in [0.5, 0.6) is 0 Å². The predicted molar refractivity (Wildman–Crippen MR) is 82.5 cm³/mol. The van der Waals surface area contributed by atoms with Crippen LogP contribution < -0.4 is 4.90 Å². The van der Waals surface area contributed by atoms with Gasteiger partial charge in [-0.25, -0.2) is 9.78 Å². The average molecular weight is 287 g/mol. The first-order valence-electron chi connectivity index (χ1n) is 6.88. The van der Waals surface area contributed by atoms with E-state index in [-0.39, 0.29) is 12.0 Å². The fraction of sp³-hybridized carbons (Fsp3) is 0.375. The molecule has 1 aromatic heterocycles. The van der Waals surface area contributed by atoms with E-state index in [0.717, 1.165) is 17.1 Å². The predicted octanol–water partition coefficient (Wildman–Crippen LogP) is 2.27. The quantitative estimate of drug-likeness (QED) is 0.792. The highest BCUT2D eigenvalue weighted by Gasteiger charge is 2.18. The zero-order chi connectivity index (χ0) is 15.4. The molecule has 0 radical (unpaired) electrons. The second-order valence-corrected chi connectivity index (χ2v) is 5.19. The molecule has 0 saturated carbocycles. The molecule has 0 saturated heterocycles. The average Bonchev–Trinajstić information content (AvgIpc) is 2.94. The van der Waals surface area contributed by atoms with Crippen molar-refractivity contribution in [3.8, 4) is 0 Å². The second-order valence-electron chi connectivity index (χ2n) is 5.19. The van der Waals surface area contributed by atoms with Crippen molar-refractivity contribution in [3.63, 3.8) is 0 Å². The van der Waals surface area contributed by atoms with E-state index in [2.05, 4.69) is 34.1 Å². The van der Waals surface area contributed by atoms with Crippen LogP contribution in [0.3, 0.4) is 0 Å². The number of benzene rings is 1. The van der Waals surface area contributed by atoms with Gasteiger partial charge in [-0.05, 0) is 24.6 Å². The van der Waals surface area contributed by atoms with Crippen molar-refractivity contribution in [1.29, 1.82) is 0 Å². The van der Waals surface area contributed by atoms with Gasteiger partial charge in [0.05, 0.1) is 7.11 Å². The van der Waals surface area contributed by atoms with Crippen molar-refractivity contribution in [2.75, 3.05) is 26.1 Å². The smallest absolute Gasteiger partial charge is 0.328 e. The Hall–Kier alpha value is -2.30. The van der Waals surface area contributed by atoms with Gasteiger partial charge in [0.2, 0.25) is 0 Å². The van der Waals surface area contributed by atoms with Gasteiger partial charge in [-0.2, -0.15) is 0 Å². The van der Waals surface area contributed by atoms with Crippen molar-refractivity contribution in [2.24, 2.45) is 0 Å². The van der Waals surface area contributed by atoms with Crippen LogP contribution in [0.1, 0.15) is 24.4 Å². The lowest BCUT2D eigenvalue weighted by Gasteiger charge is -2.15. The van der Waals surface area contributed by atoms with Gasteiger partial charge in [0.25, 0.3) is 0 Å². The van der Waals surface area contributed by atoms with E-state index < -0.39 is 0 Å². The third kappa shape index (κ3) is 3.42. The Morgan fingerprint density at radius 1 is 1.33 bits per heavy atom. The van der Waals surface area contributed by atoms with Gasteiger partial charge in [0.15, 0.2) is 0 Å². The minimum absolute atomic E-state index is 0.266. The summed E-state index contributed by atoms with van der Waals surface area (Å²) in [7, 11) is 5.43. The Labute approximate surface area is 125 Å². The Morgan fingerprint density at radius 2 is 2.00 bits per heavy atom. The number of rotatable bonds is 5. The standard InChI is InChI=1S/C16H21N3O2/c1-12(16(20)21-4)19-10-9-17-15(19)11-13-5-7-14(8-6-13)18(2)3/h5-10,12H,11H2,1-4H3. The molecule has 1 atom stereocenters. The van der Waals surface area contributed by atoms with Crippen LogP contribution in [0.25, 0.3) is 0 Å². The van der Waals surface area contributed by atoms with Crippen LogP contribution in [0.2, 0.25) is 0 Å².